The molecule has 0 aliphatic rings. The molecule has 8 heteroatoms. The molecule has 4 rings (SSSR count). The van der Waals surface area contributed by atoms with Crippen LogP contribution in [0.25, 0.3) is 22.4 Å². The van der Waals surface area contributed by atoms with Crippen LogP contribution in [0, 0.1) is 31.1 Å². The number of hydrogen-bond donors (Lipinski definition) is 1. The average Bonchev–Trinajstić information content (AvgIpc) is 3.12. The Labute approximate surface area is 225 Å². The van der Waals surface area contributed by atoms with Crippen molar-refractivity contribution < 1.29 is 9.13 Å². The molecule has 6 nitrogen and oxygen atoms in total. The second-order valence-corrected chi connectivity index (χ2v) is 16.2. The van der Waals surface area contributed by atoms with Gasteiger partial charge in [-0.05, 0) is 54.3 Å². The summed E-state index contributed by atoms with van der Waals surface area (Å²) in [5.41, 5.74) is 16.1. The minimum atomic E-state index is -1.75. The topological polar surface area (TPSA) is 78.9 Å². The molecular weight excluding hydrogens is 493 g/mol. The Kier molecular flexibility index (Phi) is 7.17. The fourth-order valence-electron chi connectivity index (χ4n) is 3.87. The maximum atomic E-state index is 15.1. The third-order valence-electron chi connectivity index (χ3n) is 7.15. The van der Waals surface area contributed by atoms with E-state index in [-0.39, 0.29) is 16.8 Å². The zero-order valence-corrected chi connectivity index (χ0v) is 24.3. The summed E-state index contributed by atoms with van der Waals surface area (Å²) in [6, 6.07) is 8.61. The zero-order chi connectivity index (χ0) is 27.8. The molecule has 3 aromatic heterocycles. The number of nitrogen functional groups attached to an aromatic ring is 1. The molecule has 0 saturated heterocycles. The number of nitrogens with two attached hydrogens (primary N) is 1. The van der Waals surface area contributed by atoms with E-state index in [9.17, 15) is 0 Å². The molecule has 38 heavy (non-hydrogen) atoms. The van der Waals surface area contributed by atoms with Crippen molar-refractivity contribution in [3.05, 3.63) is 71.7 Å². The lowest BCUT2D eigenvalue weighted by molar-refractivity contribution is 0.410. The summed E-state index contributed by atoms with van der Waals surface area (Å²) in [6.07, 6.45) is 5.23. The summed E-state index contributed by atoms with van der Waals surface area (Å²) in [4.78, 5) is 12.9. The number of aryl methyl sites for hydroxylation is 3. The first-order chi connectivity index (χ1) is 17.8. The van der Waals surface area contributed by atoms with Crippen LogP contribution in [-0.2, 0) is 7.05 Å². The van der Waals surface area contributed by atoms with Crippen LogP contribution in [0.2, 0.25) is 18.1 Å². The summed E-state index contributed by atoms with van der Waals surface area (Å²) in [5.74, 6) is 2.81. The van der Waals surface area contributed by atoms with Gasteiger partial charge in [-0.15, -0.1) is 5.54 Å². The second kappa shape index (κ2) is 10.1. The molecule has 0 spiro atoms. The number of hydrogen-bond acceptors (Lipinski definition) is 5. The molecule has 1 aromatic carbocycles. The molecule has 0 bridgehead atoms. The predicted octanol–water partition coefficient (Wildman–Crippen LogP) is 7.07. The molecular formula is C30H34FN5OSi. The summed E-state index contributed by atoms with van der Waals surface area (Å²) in [5, 5.41) is 0.174. The fraction of sp³-hybridized carbons (Fsp3) is 0.300. The Bertz CT molecular complexity index is 1570. The summed E-state index contributed by atoms with van der Waals surface area (Å²) in [7, 11) is 0.165. The van der Waals surface area contributed by atoms with Crippen molar-refractivity contribution in [2.75, 3.05) is 5.73 Å². The fourth-order valence-corrected chi connectivity index (χ4v) is 4.69. The van der Waals surface area contributed by atoms with Crippen LogP contribution in [-0.4, -0.2) is 27.6 Å². The predicted molar refractivity (Wildman–Crippen MR) is 154 cm³/mol. The molecule has 2 N–H and O–H groups in total. The smallest absolute Gasteiger partial charge is 0.322 e. The minimum Gasteiger partial charge on any atom is -0.421 e. The van der Waals surface area contributed by atoms with Crippen LogP contribution in [0.5, 0.6) is 11.8 Å². The van der Waals surface area contributed by atoms with Crippen LogP contribution in [0.15, 0.2) is 48.9 Å². The number of aromatic nitrogens is 4. The lowest BCUT2D eigenvalue weighted by atomic mass is 9.98. The van der Waals surface area contributed by atoms with E-state index in [2.05, 4.69) is 60.3 Å². The van der Waals surface area contributed by atoms with E-state index < -0.39 is 13.9 Å². The number of pyridine rings is 1. The Morgan fingerprint density at radius 2 is 1.82 bits per heavy atom. The number of anilines is 1. The first-order valence-electron chi connectivity index (χ1n) is 12.5. The first kappa shape index (κ1) is 27.1. The maximum absolute atomic E-state index is 15.1. The van der Waals surface area contributed by atoms with Gasteiger partial charge in [-0.3, -0.25) is 0 Å². The number of halogens is 1. The quantitative estimate of drug-likeness (QED) is 0.227. The Hall–Kier alpha value is -3.96. The van der Waals surface area contributed by atoms with Crippen LogP contribution in [0.4, 0.5) is 10.1 Å². The summed E-state index contributed by atoms with van der Waals surface area (Å²) in [6.45, 7) is 15.1. The number of benzene rings is 1. The van der Waals surface area contributed by atoms with Gasteiger partial charge in [-0.2, -0.15) is 0 Å². The van der Waals surface area contributed by atoms with Crippen molar-refractivity contribution in [3.8, 4) is 45.6 Å². The van der Waals surface area contributed by atoms with Gasteiger partial charge in [0.25, 0.3) is 0 Å². The number of nitrogens with zero attached hydrogens (tertiary/aromatic N) is 4. The molecule has 196 valence electrons. The summed E-state index contributed by atoms with van der Waals surface area (Å²) < 4.78 is 22.7. The van der Waals surface area contributed by atoms with E-state index in [4.69, 9.17) is 10.5 Å². The number of ether oxygens (including phenoxy) is 1. The highest BCUT2D eigenvalue weighted by molar-refractivity contribution is 6.87. The Morgan fingerprint density at radius 3 is 2.45 bits per heavy atom. The highest BCUT2D eigenvalue weighted by Gasteiger charge is 2.33. The molecule has 0 aliphatic heterocycles. The molecule has 0 atom stereocenters. The van der Waals surface area contributed by atoms with Crippen molar-refractivity contribution >= 4 is 13.8 Å². The van der Waals surface area contributed by atoms with Crippen molar-refractivity contribution in [2.45, 2.75) is 52.8 Å². The van der Waals surface area contributed by atoms with Crippen molar-refractivity contribution in [1.82, 2.24) is 19.5 Å². The van der Waals surface area contributed by atoms with Gasteiger partial charge in [-0.1, -0.05) is 45.9 Å². The monoisotopic (exact) mass is 527 g/mol. The standard InChI is InChI=1S/C30H34FN5OSi/c1-19-15-22(12-14-38(7,8)30(3,4)5)34-17-23(19)28-27(25(32)18-36(28)6)21-9-10-26(24(31)16-21)37-29-33-13-11-20(2)35-29/h9-11,13,15-18H,32H2,1-8H3. The molecule has 0 unspecified atom stereocenters. The van der Waals surface area contributed by atoms with Crippen LogP contribution in [0.1, 0.15) is 37.7 Å². The highest BCUT2D eigenvalue weighted by Crippen LogP contribution is 2.40. The van der Waals surface area contributed by atoms with E-state index >= 15 is 4.39 Å². The van der Waals surface area contributed by atoms with Gasteiger partial charge in [0.05, 0.1) is 11.4 Å². The SMILES string of the molecule is Cc1ccnc(Oc2ccc(-c3c(N)cn(C)c3-c3cnc(C#C[Si](C)(C)C(C)(C)C)cc3C)cc2F)n1. The average molecular weight is 528 g/mol. The van der Waals surface area contributed by atoms with Gasteiger partial charge < -0.3 is 15.0 Å². The van der Waals surface area contributed by atoms with E-state index in [1.165, 1.54) is 6.07 Å². The number of rotatable bonds is 4. The van der Waals surface area contributed by atoms with Gasteiger partial charge in [0.1, 0.15) is 13.8 Å². The highest BCUT2D eigenvalue weighted by atomic mass is 28.3. The van der Waals surface area contributed by atoms with E-state index in [0.717, 1.165) is 33.8 Å². The lowest BCUT2D eigenvalue weighted by Gasteiger charge is -2.31. The van der Waals surface area contributed by atoms with Gasteiger partial charge in [0.2, 0.25) is 0 Å². The second-order valence-electron chi connectivity index (χ2n) is 11.2. The molecule has 0 amide bonds. The molecule has 3 heterocycles. The van der Waals surface area contributed by atoms with Gasteiger partial charge in [-0.25, -0.2) is 19.3 Å². The molecule has 0 saturated carbocycles. The Morgan fingerprint density at radius 1 is 1.08 bits per heavy atom. The van der Waals surface area contributed by atoms with Crippen LogP contribution >= 0.6 is 0 Å². The maximum Gasteiger partial charge on any atom is 0.322 e. The lowest BCUT2D eigenvalue weighted by Crippen LogP contribution is -2.35. The minimum absolute atomic E-state index is 0.0397. The molecule has 0 radical (unpaired) electrons. The van der Waals surface area contributed by atoms with Gasteiger partial charge in [0, 0.05) is 42.5 Å². The van der Waals surface area contributed by atoms with Gasteiger partial charge in [0.15, 0.2) is 11.6 Å². The van der Waals surface area contributed by atoms with E-state index in [0.29, 0.717) is 11.3 Å². The molecule has 0 fully saturated rings. The van der Waals surface area contributed by atoms with Crippen LogP contribution < -0.4 is 10.5 Å². The van der Waals surface area contributed by atoms with Crippen molar-refractivity contribution in [2.24, 2.45) is 7.05 Å². The largest absolute Gasteiger partial charge is 0.421 e. The van der Waals surface area contributed by atoms with Crippen molar-refractivity contribution in [1.29, 1.82) is 0 Å². The molecule has 0 aliphatic carbocycles. The van der Waals surface area contributed by atoms with E-state index in [1.807, 2.05) is 43.9 Å². The summed E-state index contributed by atoms with van der Waals surface area (Å²) >= 11 is 0. The van der Waals surface area contributed by atoms with Crippen molar-refractivity contribution in [3.63, 3.8) is 0 Å². The molecule has 4 aromatic rings. The third-order valence-corrected chi connectivity index (χ3v) is 11.6. The third kappa shape index (κ3) is 5.48. The first-order valence-corrected chi connectivity index (χ1v) is 15.5. The van der Waals surface area contributed by atoms with Gasteiger partial charge >= 0.3 is 6.01 Å². The zero-order valence-electron chi connectivity index (χ0n) is 23.3. The van der Waals surface area contributed by atoms with E-state index in [1.54, 1.807) is 24.4 Å². The van der Waals surface area contributed by atoms with Crippen LogP contribution in [0.3, 0.4) is 0 Å². The normalized spacial score (nSPS) is 11.7. The Balaban J connectivity index is 1.71.